The standard InChI is InChI=1S/C39H66N9Si/c1-25-34(46(16)17)28(40(4)5)22-31(43(10)11)37(25)49(38-26(2)35(47(18)19)29(41(6)7)23-32(38)44(12)13)39-27(3)36(48(20)21)30(42(8)9)24-33(39)45(14)15/h22-24H,1-21H3. The lowest BCUT2D eigenvalue weighted by atomic mass is 10.1. The van der Waals surface area contributed by atoms with Crippen molar-refractivity contribution in [3.05, 3.63) is 34.9 Å². The summed E-state index contributed by atoms with van der Waals surface area (Å²) in [4.78, 5) is 20.7. The zero-order chi connectivity index (χ0) is 37.6. The number of hydrogen-bond acceptors (Lipinski definition) is 9. The van der Waals surface area contributed by atoms with Gasteiger partial charge in [0.2, 0.25) is 0 Å². The first-order chi connectivity index (χ1) is 22.6. The minimum atomic E-state index is -1.74. The Hall–Kier alpha value is -3.92. The molecule has 0 atom stereocenters. The maximum absolute atomic E-state index is 2.42. The smallest absolute Gasteiger partial charge is 0.164 e. The summed E-state index contributed by atoms with van der Waals surface area (Å²) in [6, 6.07) is 7.25. The van der Waals surface area contributed by atoms with E-state index in [1.54, 1.807) is 0 Å². The highest BCUT2D eigenvalue weighted by atomic mass is 28.3. The minimum Gasteiger partial charge on any atom is -0.378 e. The van der Waals surface area contributed by atoms with Crippen LogP contribution in [0.5, 0.6) is 0 Å². The van der Waals surface area contributed by atoms with Gasteiger partial charge in [-0.3, -0.25) is 0 Å². The summed E-state index contributed by atoms with van der Waals surface area (Å²) in [6.45, 7) is 7.06. The van der Waals surface area contributed by atoms with E-state index in [0.717, 1.165) is 0 Å². The van der Waals surface area contributed by atoms with Crippen LogP contribution in [-0.4, -0.2) is 136 Å². The van der Waals surface area contributed by atoms with Gasteiger partial charge < -0.3 is 44.1 Å². The molecule has 0 aliphatic heterocycles. The second-order valence-electron chi connectivity index (χ2n) is 15.2. The topological polar surface area (TPSA) is 29.2 Å². The molecule has 0 aromatic heterocycles. The third-order valence-corrected chi connectivity index (χ3v) is 12.9. The first-order valence-electron chi connectivity index (χ1n) is 17.0. The molecule has 0 heterocycles. The van der Waals surface area contributed by atoms with Crippen molar-refractivity contribution in [3.63, 3.8) is 0 Å². The third-order valence-electron chi connectivity index (χ3n) is 9.49. The zero-order valence-corrected chi connectivity index (χ0v) is 35.8. The number of benzene rings is 3. The summed E-state index contributed by atoms with van der Waals surface area (Å²) in [5.41, 5.74) is 15.2. The molecule has 0 N–H and O–H groups in total. The van der Waals surface area contributed by atoms with Crippen molar-refractivity contribution < 1.29 is 0 Å². The van der Waals surface area contributed by atoms with Gasteiger partial charge in [0.05, 0.1) is 34.1 Å². The normalized spacial score (nSPS) is 11.1. The maximum Gasteiger partial charge on any atom is 0.164 e. The lowest BCUT2D eigenvalue weighted by Crippen LogP contribution is -2.58. The van der Waals surface area contributed by atoms with Crippen LogP contribution in [0, 0.1) is 20.8 Å². The average Bonchev–Trinajstić information content (AvgIpc) is 2.96. The van der Waals surface area contributed by atoms with Crippen molar-refractivity contribution in [2.45, 2.75) is 20.8 Å². The van der Waals surface area contributed by atoms with E-state index in [2.05, 4.69) is 210 Å². The van der Waals surface area contributed by atoms with E-state index < -0.39 is 8.80 Å². The van der Waals surface area contributed by atoms with Crippen LogP contribution in [0.4, 0.5) is 51.2 Å². The first kappa shape index (κ1) is 39.5. The van der Waals surface area contributed by atoms with E-state index in [1.807, 2.05) is 0 Å². The first-order valence-corrected chi connectivity index (χ1v) is 18.5. The molecule has 3 rings (SSSR count). The highest BCUT2D eigenvalue weighted by molar-refractivity contribution is 6.99. The van der Waals surface area contributed by atoms with Gasteiger partial charge in [0, 0.05) is 144 Å². The molecule has 0 bridgehead atoms. The molecule has 0 aliphatic carbocycles. The Morgan fingerprint density at radius 1 is 0.286 bits per heavy atom. The largest absolute Gasteiger partial charge is 0.378 e. The average molecular weight is 689 g/mol. The van der Waals surface area contributed by atoms with Gasteiger partial charge in [-0.05, 0) is 71.2 Å². The zero-order valence-electron chi connectivity index (χ0n) is 34.8. The van der Waals surface area contributed by atoms with Crippen LogP contribution >= 0.6 is 0 Å². The lowest BCUT2D eigenvalue weighted by Gasteiger charge is -2.38. The molecule has 9 nitrogen and oxygen atoms in total. The fourth-order valence-electron chi connectivity index (χ4n) is 7.41. The predicted octanol–water partition coefficient (Wildman–Crippen LogP) is 3.72. The molecule has 1 radical (unpaired) electrons. The van der Waals surface area contributed by atoms with E-state index >= 15 is 0 Å². The van der Waals surface area contributed by atoms with Crippen LogP contribution in [0.2, 0.25) is 0 Å². The van der Waals surface area contributed by atoms with Gasteiger partial charge in [0.15, 0.2) is 8.80 Å². The van der Waals surface area contributed by atoms with Crippen LogP contribution in [0.3, 0.4) is 0 Å². The molecule has 10 heteroatoms. The molecule has 49 heavy (non-hydrogen) atoms. The van der Waals surface area contributed by atoms with Crippen molar-refractivity contribution in [3.8, 4) is 0 Å². The molecule has 271 valence electrons. The van der Waals surface area contributed by atoms with E-state index in [1.165, 1.54) is 83.4 Å². The quantitative estimate of drug-likeness (QED) is 0.209. The van der Waals surface area contributed by atoms with Crippen molar-refractivity contribution in [2.75, 3.05) is 171 Å². The molecular formula is C39H66N9Si. The Morgan fingerprint density at radius 3 is 0.612 bits per heavy atom. The third kappa shape index (κ3) is 7.20. The summed E-state index contributed by atoms with van der Waals surface area (Å²) >= 11 is 0. The Morgan fingerprint density at radius 2 is 0.469 bits per heavy atom. The van der Waals surface area contributed by atoms with Gasteiger partial charge in [-0.15, -0.1) is 0 Å². The molecule has 0 saturated heterocycles. The van der Waals surface area contributed by atoms with Crippen molar-refractivity contribution in [1.82, 2.24) is 0 Å². The van der Waals surface area contributed by atoms with Crippen molar-refractivity contribution in [1.29, 1.82) is 0 Å². The van der Waals surface area contributed by atoms with Gasteiger partial charge in [0.25, 0.3) is 0 Å². The van der Waals surface area contributed by atoms with Gasteiger partial charge in [-0.2, -0.15) is 0 Å². The Balaban J connectivity index is 2.92. The molecule has 3 aromatic rings. The predicted molar refractivity (Wildman–Crippen MR) is 227 cm³/mol. The molecule has 3 aromatic carbocycles. The second-order valence-corrected chi connectivity index (χ2v) is 17.5. The Kier molecular flexibility index (Phi) is 12.0. The summed E-state index contributed by atoms with van der Waals surface area (Å²) < 4.78 is 0. The van der Waals surface area contributed by atoms with E-state index in [4.69, 9.17) is 0 Å². The van der Waals surface area contributed by atoms with Gasteiger partial charge in [-0.25, -0.2) is 0 Å². The second kappa shape index (κ2) is 14.9. The number of hydrogen-bond donors (Lipinski definition) is 0. The maximum atomic E-state index is 2.42. The highest BCUT2D eigenvalue weighted by Crippen LogP contribution is 2.40. The van der Waals surface area contributed by atoms with E-state index in [0.29, 0.717) is 0 Å². The minimum absolute atomic E-state index is 1.22. The fraction of sp³-hybridized carbons (Fsp3) is 0.538. The number of nitrogens with zero attached hydrogens (tertiary/aromatic N) is 9. The number of anilines is 9. The summed E-state index contributed by atoms with van der Waals surface area (Å²) in [5, 5.41) is 4.27. The highest BCUT2D eigenvalue weighted by Gasteiger charge is 2.38. The monoisotopic (exact) mass is 689 g/mol. The van der Waals surface area contributed by atoms with E-state index in [-0.39, 0.29) is 0 Å². The SMILES string of the molecule is Cc1c(N(C)C)c(N(C)C)cc(N(C)C)c1[Si](c1c(N(C)C)cc(N(C)C)c(N(C)C)c1C)c1c(N(C)C)cc(N(C)C)c(N(C)C)c1C. The van der Waals surface area contributed by atoms with Crippen molar-refractivity contribution in [2.24, 2.45) is 0 Å². The van der Waals surface area contributed by atoms with Crippen LogP contribution < -0.4 is 59.7 Å². The molecule has 0 amide bonds. The lowest BCUT2D eigenvalue weighted by molar-refractivity contribution is 1.05. The summed E-state index contributed by atoms with van der Waals surface area (Å²) in [7, 11) is 37.5. The van der Waals surface area contributed by atoms with Crippen molar-refractivity contribution >= 4 is 75.5 Å². The van der Waals surface area contributed by atoms with Crippen LogP contribution in [0.1, 0.15) is 16.7 Å². The Labute approximate surface area is 301 Å². The van der Waals surface area contributed by atoms with Gasteiger partial charge in [0.1, 0.15) is 0 Å². The van der Waals surface area contributed by atoms with Gasteiger partial charge in [-0.1, -0.05) is 0 Å². The summed E-state index contributed by atoms with van der Waals surface area (Å²) in [6.07, 6.45) is 0. The Bertz CT molecular complexity index is 1460. The molecule has 0 spiro atoms. The number of rotatable bonds is 12. The molecule has 0 unspecified atom stereocenters. The molecule has 0 saturated carbocycles. The van der Waals surface area contributed by atoms with Crippen LogP contribution in [-0.2, 0) is 0 Å². The van der Waals surface area contributed by atoms with Crippen LogP contribution in [0.15, 0.2) is 18.2 Å². The van der Waals surface area contributed by atoms with E-state index in [9.17, 15) is 0 Å². The molecular weight excluding hydrogens is 623 g/mol. The van der Waals surface area contributed by atoms with Gasteiger partial charge >= 0.3 is 0 Å². The molecule has 0 fully saturated rings. The molecule has 0 aliphatic rings. The fourth-order valence-corrected chi connectivity index (χ4v) is 11.3. The summed E-state index contributed by atoms with van der Waals surface area (Å²) in [5.74, 6) is 0. The van der Waals surface area contributed by atoms with Crippen LogP contribution in [0.25, 0.3) is 0 Å².